The van der Waals surface area contributed by atoms with Gasteiger partial charge in [0, 0.05) is 17.1 Å². The second-order valence-electron chi connectivity index (χ2n) is 9.99. The molecule has 6 N–H and O–H groups in total. The summed E-state index contributed by atoms with van der Waals surface area (Å²) in [7, 11) is 6.86. The van der Waals surface area contributed by atoms with Crippen molar-refractivity contribution in [1.82, 2.24) is 9.80 Å². The zero-order valence-corrected chi connectivity index (χ0v) is 20.5. The number of fused-ring (bicyclic) bond motifs is 3. The third-order valence-corrected chi connectivity index (χ3v) is 7.22. The molecule has 36 heavy (non-hydrogen) atoms. The molecular weight excluding hydrogens is 466 g/mol. The second-order valence-corrected chi connectivity index (χ2v) is 9.99. The van der Waals surface area contributed by atoms with Gasteiger partial charge in [-0.1, -0.05) is 11.8 Å². The molecule has 10 nitrogen and oxygen atoms in total. The Morgan fingerprint density at radius 3 is 2.42 bits per heavy atom. The molecule has 4 rings (SSSR count). The second kappa shape index (κ2) is 8.78. The number of aliphatic hydroxyl groups is 3. The summed E-state index contributed by atoms with van der Waals surface area (Å²) in [5, 5.41) is 44.2. The van der Waals surface area contributed by atoms with Crippen molar-refractivity contribution in [3.63, 3.8) is 0 Å². The molecule has 1 fully saturated rings. The van der Waals surface area contributed by atoms with E-state index >= 15 is 0 Å². The minimum absolute atomic E-state index is 0.0305. The Bertz CT molecular complexity index is 1310. The summed E-state index contributed by atoms with van der Waals surface area (Å²) in [6.45, 7) is 0.486. The number of likely N-dealkylation sites (N-methyl/N-ethyl adjacent to an activating group) is 1. The van der Waals surface area contributed by atoms with Crippen LogP contribution < -0.4 is 5.73 Å². The number of Topliss-reactive ketones (excluding diaryl/α,β-unsaturated/α-hetero) is 2. The van der Waals surface area contributed by atoms with Gasteiger partial charge < -0.3 is 26.2 Å². The van der Waals surface area contributed by atoms with E-state index in [0.29, 0.717) is 17.7 Å². The van der Waals surface area contributed by atoms with Crippen molar-refractivity contribution >= 4 is 23.2 Å². The Hall–Kier alpha value is -3.65. The summed E-state index contributed by atoms with van der Waals surface area (Å²) in [5.74, 6) is -0.664. The molecule has 0 saturated heterocycles. The normalized spacial score (nSPS) is 27.5. The smallest absolute Gasteiger partial charge is 0.255 e. The molecule has 0 unspecified atom stereocenters. The summed E-state index contributed by atoms with van der Waals surface area (Å²) >= 11 is 0. The molecule has 3 aliphatic carbocycles. The van der Waals surface area contributed by atoms with Crippen LogP contribution in [0.25, 0.3) is 5.76 Å². The number of aromatic hydroxyl groups is 1. The number of rotatable bonds is 3. The first kappa shape index (κ1) is 25.4. The van der Waals surface area contributed by atoms with Crippen LogP contribution in [-0.4, -0.2) is 94.1 Å². The molecule has 3 aliphatic rings. The molecule has 0 aromatic heterocycles. The molecule has 4 atom stereocenters. The van der Waals surface area contributed by atoms with E-state index in [1.807, 2.05) is 19.0 Å². The van der Waals surface area contributed by atoms with E-state index in [-0.39, 0.29) is 29.7 Å². The number of benzene rings is 1. The van der Waals surface area contributed by atoms with Gasteiger partial charge in [-0.3, -0.25) is 24.2 Å². The van der Waals surface area contributed by atoms with Gasteiger partial charge in [-0.2, -0.15) is 0 Å². The number of hydrogen-bond acceptors (Lipinski definition) is 9. The maximum absolute atomic E-state index is 13.8. The Labute approximate surface area is 208 Å². The van der Waals surface area contributed by atoms with Crippen molar-refractivity contribution < 1.29 is 34.8 Å². The van der Waals surface area contributed by atoms with Crippen molar-refractivity contribution in [2.45, 2.75) is 24.5 Å². The number of amides is 1. The lowest BCUT2D eigenvalue weighted by Gasteiger charge is -2.50. The topological polar surface area (TPSA) is 165 Å². The fraction of sp³-hybridized carbons (Fsp3) is 0.423. The summed E-state index contributed by atoms with van der Waals surface area (Å²) in [6.07, 6.45) is 0.237. The largest absolute Gasteiger partial charge is 0.508 e. The maximum atomic E-state index is 13.8. The number of phenolic OH excluding ortho intramolecular Hbond substituents is 1. The molecule has 0 bridgehead atoms. The Kier molecular flexibility index (Phi) is 6.21. The van der Waals surface area contributed by atoms with Gasteiger partial charge in [0.2, 0.25) is 5.78 Å². The lowest BCUT2D eigenvalue weighted by atomic mass is 9.57. The highest BCUT2D eigenvalue weighted by molar-refractivity contribution is 6.24. The minimum atomic E-state index is -2.65. The van der Waals surface area contributed by atoms with E-state index in [1.54, 1.807) is 20.2 Å². The molecule has 1 saturated carbocycles. The number of primary amides is 1. The van der Waals surface area contributed by atoms with E-state index < -0.39 is 58.0 Å². The van der Waals surface area contributed by atoms with Crippen LogP contribution in [0.15, 0.2) is 29.0 Å². The lowest BCUT2D eigenvalue weighted by molar-refractivity contribution is -0.153. The predicted octanol–water partition coefficient (Wildman–Crippen LogP) is -0.123. The van der Waals surface area contributed by atoms with Gasteiger partial charge in [0.05, 0.1) is 18.2 Å². The Morgan fingerprint density at radius 1 is 1.17 bits per heavy atom. The van der Waals surface area contributed by atoms with Crippen molar-refractivity contribution in [2.75, 3.05) is 34.7 Å². The minimum Gasteiger partial charge on any atom is -0.508 e. The van der Waals surface area contributed by atoms with Crippen molar-refractivity contribution in [2.24, 2.45) is 17.6 Å². The van der Waals surface area contributed by atoms with Crippen LogP contribution >= 0.6 is 0 Å². The van der Waals surface area contributed by atoms with E-state index in [0.717, 1.165) is 0 Å². The summed E-state index contributed by atoms with van der Waals surface area (Å²) in [4.78, 5) is 42.3. The van der Waals surface area contributed by atoms with Crippen LogP contribution in [0.2, 0.25) is 0 Å². The molecule has 0 spiro atoms. The van der Waals surface area contributed by atoms with Gasteiger partial charge in [0.25, 0.3) is 5.91 Å². The van der Waals surface area contributed by atoms with E-state index in [9.17, 15) is 34.8 Å². The molecule has 0 aliphatic heterocycles. The van der Waals surface area contributed by atoms with Crippen LogP contribution in [-0.2, 0) is 20.8 Å². The molecule has 0 heterocycles. The number of carbonyl (C=O) groups excluding carboxylic acids is 3. The zero-order valence-electron chi connectivity index (χ0n) is 20.5. The number of ketones is 2. The number of nitrogens with zero attached hydrogens (tertiary/aromatic N) is 2. The van der Waals surface area contributed by atoms with Crippen molar-refractivity contribution in [3.05, 3.63) is 45.7 Å². The first-order chi connectivity index (χ1) is 16.8. The van der Waals surface area contributed by atoms with Crippen LogP contribution in [0.4, 0.5) is 0 Å². The highest BCUT2D eigenvalue weighted by atomic mass is 16.3. The third-order valence-electron chi connectivity index (χ3n) is 7.22. The molecule has 10 heteroatoms. The van der Waals surface area contributed by atoms with E-state index in [2.05, 4.69) is 11.8 Å². The van der Waals surface area contributed by atoms with Gasteiger partial charge in [0.15, 0.2) is 11.4 Å². The summed E-state index contributed by atoms with van der Waals surface area (Å²) < 4.78 is 0. The SMILES string of the molecule is CN(C)CC#Cc1ccc(O)c2c1C[C@H]1C[C@@H]3[C@@H](N(C)C)C(=O)C(C(N)=O)=C(O)[C@]3(O)C(=O)C1=C2O. The van der Waals surface area contributed by atoms with Gasteiger partial charge in [0.1, 0.15) is 22.8 Å². The quantitative estimate of drug-likeness (QED) is 0.284. The summed E-state index contributed by atoms with van der Waals surface area (Å²) in [5.41, 5.74) is 2.81. The van der Waals surface area contributed by atoms with Gasteiger partial charge in [-0.05, 0) is 64.6 Å². The number of nitrogens with two attached hydrogens (primary N) is 1. The third kappa shape index (κ3) is 3.59. The lowest BCUT2D eigenvalue weighted by Crippen LogP contribution is -2.65. The predicted molar refractivity (Wildman–Crippen MR) is 130 cm³/mol. The monoisotopic (exact) mass is 495 g/mol. The van der Waals surface area contributed by atoms with Gasteiger partial charge in [-0.15, -0.1) is 0 Å². The van der Waals surface area contributed by atoms with Crippen molar-refractivity contribution in [1.29, 1.82) is 0 Å². The van der Waals surface area contributed by atoms with Crippen LogP contribution in [0.1, 0.15) is 23.1 Å². The van der Waals surface area contributed by atoms with Crippen LogP contribution in [0.3, 0.4) is 0 Å². The Morgan fingerprint density at radius 2 is 1.83 bits per heavy atom. The molecule has 190 valence electrons. The number of carbonyl (C=O) groups is 3. The molecule has 0 radical (unpaired) electrons. The number of aliphatic hydroxyl groups excluding tert-OH is 2. The average Bonchev–Trinajstić information content (AvgIpc) is 2.77. The molecule has 1 aromatic carbocycles. The zero-order chi connectivity index (χ0) is 26.7. The molecular formula is C26H29N3O7. The maximum Gasteiger partial charge on any atom is 0.255 e. The van der Waals surface area contributed by atoms with E-state index in [4.69, 9.17) is 5.73 Å². The Balaban J connectivity index is 1.93. The highest BCUT2D eigenvalue weighted by Crippen LogP contribution is 2.52. The fourth-order valence-corrected chi connectivity index (χ4v) is 5.65. The van der Waals surface area contributed by atoms with E-state index in [1.165, 1.54) is 11.0 Å². The number of phenols is 1. The molecule has 1 aromatic rings. The first-order valence-electron chi connectivity index (χ1n) is 11.5. The standard InChI is InChI=1S/C26H29N3O7/c1-28(2)9-5-6-12-7-8-16(30)18-14(12)10-13-11-15-20(29(3)4)22(32)19(25(27)35)24(34)26(15,36)23(33)17(13)21(18)31/h7-8,13,15,20,30-31,34,36H,9-11H2,1-4H3,(H2,27,35)/t13-,15+,20+,26+/m0/s1. The van der Waals surface area contributed by atoms with Crippen LogP contribution in [0, 0.1) is 23.7 Å². The fourth-order valence-electron chi connectivity index (χ4n) is 5.65. The first-order valence-corrected chi connectivity index (χ1v) is 11.5. The summed E-state index contributed by atoms with van der Waals surface area (Å²) in [6, 6.07) is 1.88. The van der Waals surface area contributed by atoms with Crippen molar-refractivity contribution in [3.8, 4) is 17.6 Å². The van der Waals surface area contributed by atoms with Crippen LogP contribution in [0.5, 0.6) is 5.75 Å². The van der Waals surface area contributed by atoms with Gasteiger partial charge >= 0.3 is 0 Å². The highest BCUT2D eigenvalue weighted by Gasteiger charge is 2.64. The van der Waals surface area contributed by atoms with Gasteiger partial charge in [-0.25, -0.2) is 0 Å². The molecule has 1 amide bonds. The number of hydrogen-bond donors (Lipinski definition) is 5. The average molecular weight is 496 g/mol.